The van der Waals surface area contributed by atoms with Crippen molar-refractivity contribution >= 4 is 0 Å². The fraction of sp³-hybridized carbons (Fsp3) is 0.750. The molecule has 1 saturated carbocycles. The van der Waals surface area contributed by atoms with Crippen molar-refractivity contribution in [3.63, 3.8) is 0 Å². The number of benzene rings is 1. The zero-order valence-corrected chi connectivity index (χ0v) is 21.6. The van der Waals surface area contributed by atoms with Gasteiger partial charge >= 0.3 is 0 Å². The Kier molecular flexibility index (Phi) is 11.4. The second kappa shape index (κ2) is 14.3. The summed E-state index contributed by atoms with van der Waals surface area (Å²) in [5.41, 5.74) is 5.58. The fourth-order valence-corrected chi connectivity index (χ4v) is 6.49. The molecule has 1 aromatic rings. The third kappa shape index (κ3) is 8.39. The molecule has 0 heteroatoms. The van der Waals surface area contributed by atoms with Gasteiger partial charge in [-0.2, -0.15) is 0 Å². The minimum Gasteiger partial charge on any atom is -0.0853 e. The molecule has 180 valence electrons. The predicted octanol–water partition coefficient (Wildman–Crippen LogP) is 10.7. The predicted molar refractivity (Wildman–Crippen MR) is 142 cm³/mol. The monoisotopic (exact) mass is 436 g/mol. The van der Waals surface area contributed by atoms with Gasteiger partial charge in [-0.05, 0) is 99.5 Å². The number of unbranched alkanes of at least 4 members (excludes halogenated alkanes) is 4. The van der Waals surface area contributed by atoms with Crippen molar-refractivity contribution < 1.29 is 0 Å². The summed E-state index contributed by atoms with van der Waals surface area (Å²) in [6, 6.07) is 9.90. The Labute approximate surface area is 200 Å². The summed E-state index contributed by atoms with van der Waals surface area (Å²) in [6.07, 6.45) is 30.7. The van der Waals surface area contributed by atoms with Crippen molar-refractivity contribution in [3.05, 3.63) is 47.0 Å². The summed E-state index contributed by atoms with van der Waals surface area (Å²) in [7, 11) is 0. The molecule has 0 radical (unpaired) electrons. The molecule has 0 aliphatic heterocycles. The van der Waals surface area contributed by atoms with Gasteiger partial charge in [0.15, 0.2) is 0 Å². The summed E-state index contributed by atoms with van der Waals surface area (Å²) in [6.45, 7) is 4.66. The molecule has 32 heavy (non-hydrogen) atoms. The number of rotatable bonds is 14. The molecule has 0 N–H and O–H groups in total. The van der Waals surface area contributed by atoms with Crippen molar-refractivity contribution in [1.29, 1.82) is 0 Å². The lowest BCUT2D eigenvalue weighted by molar-refractivity contribution is 0.144. The normalized spacial score (nSPS) is 19.5. The van der Waals surface area contributed by atoms with Gasteiger partial charge in [0.25, 0.3) is 0 Å². The van der Waals surface area contributed by atoms with Gasteiger partial charge in [0, 0.05) is 0 Å². The van der Waals surface area contributed by atoms with E-state index in [2.05, 4.69) is 44.2 Å². The minimum atomic E-state index is 0.659. The van der Waals surface area contributed by atoms with Gasteiger partial charge in [0.2, 0.25) is 0 Å². The van der Waals surface area contributed by atoms with Gasteiger partial charge < -0.3 is 0 Å². The second-order valence-corrected chi connectivity index (χ2v) is 11.3. The lowest BCUT2D eigenvalue weighted by Crippen LogP contribution is -2.25. The van der Waals surface area contributed by atoms with E-state index in [1.54, 1.807) is 16.7 Å². The maximum absolute atomic E-state index is 2.59. The molecule has 1 fully saturated rings. The third-order valence-corrected chi connectivity index (χ3v) is 8.66. The van der Waals surface area contributed by atoms with E-state index in [0.717, 1.165) is 5.92 Å². The van der Waals surface area contributed by atoms with Crippen LogP contribution in [-0.4, -0.2) is 0 Å². The zero-order valence-electron chi connectivity index (χ0n) is 21.6. The van der Waals surface area contributed by atoms with E-state index in [0.29, 0.717) is 5.41 Å². The van der Waals surface area contributed by atoms with Crippen LogP contribution in [0.1, 0.15) is 153 Å². The fourth-order valence-electron chi connectivity index (χ4n) is 6.49. The highest BCUT2D eigenvalue weighted by Crippen LogP contribution is 2.46. The maximum atomic E-state index is 2.59. The summed E-state index contributed by atoms with van der Waals surface area (Å²) >= 11 is 0. The Morgan fingerprint density at radius 2 is 1.53 bits per heavy atom. The lowest BCUT2D eigenvalue weighted by Gasteiger charge is -2.39. The molecule has 2 aliphatic rings. The molecule has 0 saturated heterocycles. The number of aryl methyl sites for hydroxylation is 1. The van der Waals surface area contributed by atoms with E-state index in [1.165, 1.54) is 128 Å². The third-order valence-electron chi connectivity index (χ3n) is 8.66. The molecule has 1 atom stereocenters. The maximum Gasteiger partial charge on any atom is -0.0125 e. The summed E-state index contributed by atoms with van der Waals surface area (Å²) in [4.78, 5) is 0. The van der Waals surface area contributed by atoms with Crippen LogP contribution in [0.25, 0.3) is 0 Å². The first kappa shape index (κ1) is 25.6. The quantitative estimate of drug-likeness (QED) is 0.201. The molecule has 3 rings (SSSR count). The van der Waals surface area contributed by atoms with Gasteiger partial charge in [-0.25, -0.2) is 0 Å². The Morgan fingerprint density at radius 1 is 0.781 bits per heavy atom. The van der Waals surface area contributed by atoms with E-state index >= 15 is 0 Å². The molecule has 0 heterocycles. The highest BCUT2D eigenvalue weighted by atomic mass is 14.4. The molecule has 1 aromatic carbocycles. The molecular formula is C32H52. The molecule has 0 spiro atoms. The van der Waals surface area contributed by atoms with Gasteiger partial charge in [0.05, 0.1) is 0 Å². The first-order chi connectivity index (χ1) is 15.7. The minimum absolute atomic E-state index is 0.659. The standard InChI is InChI=1S/C32H52/c1-3-5-9-15-28-18-20-30(21-19-28)31(27-29-16-10-7-11-17-29)22-26-32(23-12-6-4-2)24-13-8-14-25-32/h16,18-21,31H,3-15,17,22-27H2,1-2H3. The Bertz CT molecular complexity index is 643. The topological polar surface area (TPSA) is 0 Å². The van der Waals surface area contributed by atoms with E-state index in [-0.39, 0.29) is 0 Å². The average molecular weight is 437 g/mol. The Balaban J connectivity index is 1.68. The van der Waals surface area contributed by atoms with Crippen LogP contribution in [-0.2, 0) is 6.42 Å². The van der Waals surface area contributed by atoms with Crippen LogP contribution in [0.2, 0.25) is 0 Å². The van der Waals surface area contributed by atoms with Gasteiger partial charge in [-0.15, -0.1) is 0 Å². The van der Waals surface area contributed by atoms with E-state index in [9.17, 15) is 0 Å². The van der Waals surface area contributed by atoms with Crippen LogP contribution in [0.3, 0.4) is 0 Å². The lowest BCUT2D eigenvalue weighted by atomic mass is 9.66. The van der Waals surface area contributed by atoms with Crippen LogP contribution >= 0.6 is 0 Å². The molecule has 0 nitrogen and oxygen atoms in total. The van der Waals surface area contributed by atoms with Crippen molar-refractivity contribution in [1.82, 2.24) is 0 Å². The SMILES string of the molecule is CCCCCc1ccc(C(CCC2(CCCCC)CCCCC2)CC2=CCCCC2)cc1. The zero-order chi connectivity index (χ0) is 22.5. The van der Waals surface area contributed by atoms with Crippen molar-refractivity contribution in [2.75, 3.05) is 0 Å². The highest BCUT2D eigenvalue weighted by molar-refractivity contribution is 5.27. The van der Waals surface area contributed by atoms with Crippen LogP contribution in [0.15, 0.2) is 35.9 Å². The number of hydrogen-bond donors (Lipinski definition) is 0. The first-order valence-electron chi connectivity index (χ1n) is 14.5. The number of allylic oxidation sites excluding steroid dienone is 2. The van der Waals surface area contributed by atoms with Crippen molar-refractivity contribution in [2.45, 2.75) is 148 Å². The molecular weight excluding hydrogens is 384 g/mol. The molecule has 1 unspecified atom stereocenters. The van der Waals surface area contributed by atoms with Crippen LogP contribution in [0, 0.1) is 5.41 Å². The van der Waals surface area contributed by atoms with Gasteiger partial charge in [-0.3, -0.25) is 0 Å². The largest absolute Gasteiger partial charge is 0.0853 e. The second-order valence-electron chi connectivity index (χ2n) is 11.3. The Hall–Kier alpha value is -1.04. The van der Waals surface area contributed by atoms with E-state index in [1.807, 2.05) is 0 Å². The average Bonchev–Trinajstić information content (AvgIpc) is 2.84. The van der Waals surface area contributed by atoms with Crippen LogP contribution < -0.4 is 0 Å². The van der Waals surface area contributed by atoms with Gasteiger partial charge in [0.1, 0.15) is 0 Å². The molecule has 0 aromatic heterocycles. The smallest absolute Gasteiger partial charge is 0.0125 e. The number of hydrogen-bond acceptors (Lipinski definition) is 0. The summed E-state index contributed by atoms with van der Waals surface area (Å²) < 4.78 is 0. The van der Waals surface area contributed by atoms with Gasteiger partial charge in [-0.1, -0.05) is 101 Å². The van der Waals surface area contributed by atoms with Crippen LogP contribution in [0.5, 0.6) is 0 Å². The highest BCUT2D eigenvalue weighted by Gasteiger charge is 2.32. The molecule has 0 bridgehead atoms. The first-order valence-corrected chi connectivity index (χ1v) is 14.5. The molecule has 2 aliphatic carbocycles. The van der Waals surface area contributed by atoms with E-state index in [4.69, 9.17) is 0 Å². The van der Waals surface area contributed by atoms with Crippen molar-refractivity contribution in [2.24, 2.45) is 5.41 Å². The van der Waals surface area contributed by atoms with Crippen molar-refractivity contribution in [3.8, 4) is 0 Å². The van der Waals surface area contributed by atoms with Crippen LogP contribution in [0.4, 0.5) is 0 Å². The summed E-state index contributed by atoms with van der Waals surface area (Å²) in [5.74, 6) is 0.731. The van der Waals surface area contributed by atoms with E-state index < -0.39 is 0 Å². The Morgan fingerprint density at radius 3 is 2.22 bits per heavy atom. The summed E-state index contributed by atoms with van der Waals surface area (Å²) in [5, 5.41) is 0. The molecule has 0 amide bonds.